The molecule has 10 heteroatoms. The average Bonchev–Trinajstić information content (AvgIpc) is 3.14. The van der Waals surface area contributed by atoms with E-state index in [4.69, 9.17) is 0 Å². The van der Waals surface area contributed by atoms with Crippen LogP contribution in [0.5, 0.6) is 0 Å². The Hall–Kier alpha value is -4.34. The van der Waals surface area contributed by atoms with E-state index in [1.165, 1.54) is 18.2 Å². The number of hydrogen-bond acceptors (Lipinski definition) is 7. The molecule has 1 amide bonds. The predicted octanol–water partition coefficient (Wildman–Crippen LogP) is 3.71. The number of benzene rings is 2. The minimum atomic E-state index is -0.417. The van der Waals surface area contributed by atoms with Gasteiger partial charge in [0.1, 0.15) is 11.6 Å². The number of rotatable bonds is 7. The van der Waals surface area contributed by atoms with Crippen molar-refractivity contribution in [3.8, 4) is 0 Å². The Balaban J connectivity index is 1.40. The number of amides is 1. The van der Waals surface area contributed by atoms with Crippen LogP contribution in [-0.4, -0.2) is 31.1 Å². The van der Waals surface area contributed by atoms with Gasteiger partial charge in [0.2, 0.25) is 17.8 Å². The highest BCUT2D eigenvalue weighted by atomic mass is 19.1. The molecule has 9 nitrogen and oxygen atoms in total. The van der Waals surface area contributed by atoms with Crippen molar-refractivity contribution in [2.45, 2.75) is 13.3 Å². The Morgan fingerprint density at radius 2 is 1.68 bits per heavy atom. The van der Waals surface area contributed by atoms with Gasteiger partial charge in [-0.25, -0.2) is 4.39 Å². The first kappa shape index (κ1) is 20.0. The molecule has 0 aliphatic carbocycles. The summed E-state index contributed by atoms with van der Waals surface area (Å²) in [5, 5.41) is 15.7. The standard InChI is InChI=1S/C21H19FN8O/c1-13-23-20(26-15-7-3-2-4-8-15)28-21(24-13)27-18-11-17(29-30-18)12-19(31)25-16-9-5-6-14(22)10-16/h2-11H,12H2,1H3,(H,25,31)(H3,23,24,26,27,28,29,30). The summed E-state index contributed by atoms with van der Waals surface area (Å²) in [6.45, 7) is 1.76. The molecule has 4 N–H and O–H groups in total. The molecule has 0 radical (unpaired) electrons. The van der Waals surface area contributed by atoms with Gasteiger partial charge in [0.15, 0.2) is 5.82 Å². The van der Waals surface area contributed by atoms with Gasteiger partial charge in [0.05, 0.1) is 6.42 Å². The van der Waals surface area contributed by atoms with Gasteiger partial charge >= 0.3 is 0 Å². The summed E-state index contributed by atoms with van der Waals surface area (Å²) < 4.78 is 13.2. The fraction of sp³-hybridized carbons (Fsp3) is 0.0952. The fourth-order valence-electron chi connectivity index (χ4n) is 2.82. The Bertz CT molecular complexity index is 1190. The van der Waals surface area contributed by atoms with Gasteiger partial charge in [-0.3, -0.25) is 9.89 Å². The van der Waals surface area contributed by atoms with E-state index in [-0.39, 0.29) is 12.3 Å². The summed E-state index contributed by atoms with van der Waals surface area (Å²) in [7, 11) is 0. The van der Waals surface area contributed by atoms with Gasteiger partial charge in [-0.1, -0.05) is 24.3 Å². The van der Waals surface area contributed by atoms with Crippen molar-refractivity contribution in [3.05, 3.63) is 78.0 Å². The van der Waals surface area contributed by atoms with Gasteiger partial charge in [-0.2, -0.15) is 20.1 Å². The predicted molar refractivity (Wildman–Crippen MR) is 115 cm³/mol. The Morgan fingerprint density at radius 3 is 2.45 bits per heavy atom. The molecule has 31 heavy (non-hydrogen) atoms. The van der Waals surface area contributed by atoms with Crippen LogP contribution < -0.4 is 16.0 Å². The SMILES string of the molecule is Cc1nc(Nc2ccccc2)nc(Nc2cc(CC(=O)Nc3cccc(F)c3)[nH]n2)n1. The molecule has 0 spiro atoms. The first-order valence-corrected chi connectivity index (χ1v) is 9.45. The monoisotopic (exact) mass is 418 g/mol. The highest BCUT2D eigenvalue weighted by molar-refractivity contribution is 5.92. The van der Waals surface area contributed by atoms with Crippen LogP contribution in [0.25, 0.3) is 0 Å². The Kier molecular flexibility index (Phi) is 5.79. The van der Waals surface area contributed by atoms with E-state index in [9.17, 15) is 9.18 Å². The third-order valence-electron chi connectivity index (χ3n) is 4.11. The van der Waals surface area contributed by atoms with Gasteiger partial charge in [-0.15, -0.1) is 0 Å². The van der Waals surface area contributed by atoms with E-state index >= 15 is 0 Å². The first-order valence-electron chi connectivity index (χ1n) is 9.45. The number of aromatic nitrogens is 5. The second kappa shape index (κ2) is 8.99. The lowest BCUT2D eigenvalue weighted by molar-refractivity contribution is -0.115. The number of para-hydroxylation sites is 1. The molecule has 0 aliphatic heterocycles. The first-order chi connectivity index (χ1) is 15.0. The maximum absolute atomic E-state index is 13.2. The van der Waals surface area contributed by atoms with Crippen LogP contribution in [0.2, 0.25) is 0 Å². The summed E-state index contributed by atoms with van der Waals surface area (Å²) in [6, 6.07) is 16.9. The second-order valence-corrected chi connectivity index (χ2v) is 6.66. The number of carbonyl (C=O) groups excluding carboxylic acids is 1. The lowest BCUT2D eigenvalue weighted by Crippen LogP contribution is -2.14. The lowest BCUT2D eigenvalue weighted by atomic mass is 10.2. The molecule has 0 fully saturated rings. The van der Waals surface area contributed by atoms with Gasteiger partial charge in [0.25, 0.3) is 0 Å². The molecule has 156 valence electrons. The van der Waals surface area contributed by atoms with Crippen molar-refractivity contribution in [2.24, 2.45) is 0 Å². The molecule has 0 bridgehead atoms. The van der Waals surface area contributed by atoms with Gasteiger partial charge in [-0.05, 0) is 37.3 Å². The van der Waals surface area contributed by atoms with E-state index in [1.54, 1.807) is 19.1 Å². The van der Waals surface area contributed by atoms with E-state index in [0.29, 0.717) is 34.9 Å². The molecule has 4 aromatic rings. The van der Waals surface area contributed by atoms with Crippen molar-refractivity contribution >= 4 is 35.0 Å². The maximum atomic E-state index is 13.2. The molecule has 2 heterocycles. The molecule has 2 aromatic carbocycles. The minimum Gasteiger partial charge on any atom is -0.326 e. The van der Waals surface area contributed by atoms with E-state index < -0.39 is 5.82 Å². The third-order valence-corrected chi connectivity index (χ3v) is 4.11. The Morgan fingerprint density at radius 1 is 0.935 bits per heavy atom. The van der Waals surface area contributed by atoms with Crippen molar-refractivity contribution in [1.82, 2.24) is 25.1 Å². The fourth-order valence-corrected chi connectivity index (χ4v) is 2.82. The molecular weight excluding hydrogens is 399 g/mol. The zero-order valence-electron chi connectivity index (χ0n) is 16.6. The molecule has 0 aliphatic rings. The largest absolute Gasteiger partial charge is 0.326 e. The molecule has 0 unspecified atom stereocenters. The van der Waals surface area contributed by atoms with Crippen LogP contribution >= 0.6 is 0 Å². The number of nitrogens with zero attached hydrogens (tertiary/aromatic N) is 4. The van der Waals surface area contributed by atoms with Crippen molar-refractivity contribution < 1.29 is 9.18 Å². The second-order valence-electron chi connectivity index (χ2n) is 6.66. The number of H-pyrrole nitrogens is 1. The van der Waals surface area contributed by atoms with Gasteiger partial charge < -0.3 is 16.0 Å². The molecule has 4 rings (SSSR count). The topological polar surface area (TPSA) is 121 Å². The average molecular weight is 418 g/mol. The van der Waals surface area contributed by atoms with Crippen molar-refractivity contribution in [1.29, 1.82) is 0 Å². The number of carbonyl (C=O) groups is 1. The zero-order chi connectivity index (χ0) is 21.6. The minimum absolute atomic E-state index is 0.0439. The van der Waals surface area contributed by atoms with E-state index in [1.807, 2.05) is 30.3 Å². The molecule has 0 saturated carbocycles. The summed E-state index contributed by atoms with van der Waals surface area (Å²) in [5.74, 6) is 0.969. The Labute approximate surface area is 177 Å². The number of nitrogens with one attached hydrogen (secondary N) is 4. The smallest absolute Gasteiger partial charge is 0.233 e. The van der Waals surface area contributed by atoms with Crippen molar-refractivity contribution in [2.75, 3.05) is 16.0 Å². The zero-order valence-corrected chi connectivity index (χ0v) is 16.6. The molecular formula is C21H19FN8O. The summed E-state index contributed by atoms with van der Waals surface area (Å²) in [5.41, 5.74) is 1.82. The number of anilines is 5. The van der Waals surface area contributed by atoms with Crippen LogP contribution in [0.3, 0.4) is 0 Å². The van der Waals surface area contributed by atoms with E-state index in [0.717, 1.165) is 5.69 Å². The van der Waals surface area contributed by atoms with Crippen LogP contribution in [0.1, 0.15) is 11.5 Å². The molecule has 0 saturated heterocycles. The summed E-state index contributed by atoms with van der Waals surface area (Å²) >= 11 is 0. The maximum Gasteiger partial charge on any atom is 0.233 e. The summed E-state index contributed by atoms with van der Waals surface area (Å²) in [6.07, 6.45) is 0.0439. The normalized spacial score (nSPS) is 10.5. The summed E-state index contributed by atoms with van der Waals surface area (Å²) in [4.78, 5) is 25.1. The van der Waals surface area contributed by atoms with Gasteiger partial charge in [0, 0.05) is 23.1 Å². The van der Waals surface area contributed by atoms with Crippen LogP contribution in [0, 0.1) is 12.7 Å². The highest BCUT2D eigenvalue weighted by Crippen LogP contribution is 2.17. The van der Waals surface area contributed by atoms with Crippen LogP contribution in [0.15, 0.2) is 60.7 Å². The number of aryl methyl sites for hydroxylation is 1. The lowest BCUT2D eigenvalue weighted by Gasteiger charge is -2.07. The number of hydrogen-bond donors (Lipinski definition) is 4. The third kappa shape index (κ3) is 5.60. The molecule has 0 atom stereocenters. The van der Waals surface area contributed by atoms with Crippen molar-refractivity contribution in [3.63, 3.8) is 0 Å². The number of halogens is 1. The highest BCUT2D eigenvalue weighted by Gasteiger charge is 2.10. The van der Waals surface area contributed by atoms with Crippen LogP contribution in [-0.2, 0) is 11.2 Å². The quantitative estimate of drug-likeness (QED) is 0.361. The van der Waals surface area contributed by atoms with E-state index in [2.05, 4.69) is 41.1 Å². The molecule has 2 aromatic heterocycles. The number of aromatic amines is 1. The van der Waals surface area contributed by atoms with Crippen LogP contribution in [0.4, 0.5) is 33.5 Å².